The van der Waals surface area contributed by atoms with Gasteiger partial charge in [-0.05, 0) is 6.92 Å². The molecule has 3 atom stereocenters. The van der Waals surface area contributed by atoms with Crippen LogP contribution < -0.4 is 11.3 Å². The van der Waals surface area contributed by atoms with E-state index in [1.807, 2.05) is 0 Å². The molecular weight excluding hydrogens is 389 g/mol. The number of fused-ring (bicyclic) bond motifs is 1. The Hall–Kier alpha value is -3.27. The summed E-state index contributed by atoms with van der Waals surface area (Å²) in [5.74, 6) is 1.53. The predicted molar refractivity (Wildman–Crippen MR) is 91.8 cm³/mol. The Kier molecular flexibility index (Phi) is 4.38. The predicted octanol–water partition coefficient (Wildman–Crippen LogP) is -0.602. The Labute approximate surface area is 161 Å². The van der Waals surface area contributed by atoms with Crippen molar-refractivity contribution in [3.8, 4) is 12.3 Å². The number of hydrogen-bond acceptors (Lipinski definition) is 9. The highest BCUT2D eigenvalue weighted by molar-refractivity contribution is 5.68. The molecule has 0 aromatic carbocycles. The second-order valence-corrected chi connectivity index (χ2v) is 6.59. The van der Waals surface area contributed by atoms with E-state index in [1.54, 1.807) is 0 Å². The van der Waals surface area contributed by atoms with Gasteiger partial charge >= 0.3 is 5.82 Å². The van der Waals surface area contributed by atoms with Crippen molar-refractivity contribution in [1.29, 1.82) is 5.41 Å². The molecule has 1 saturated heterocycles. The molecule has 12 heteroatoms. The second kappa shape index (κ2) is 6.66. The number of ether oxygens (including phenoxy) is 1. The van der Waals surface area contributed by atoms with Crippen molar-refractivity contribution in [1.82, 2.24) is 19.1 Å². The number of hydrogen-bond donors (Lipinski definition) is 3. The van der Waals surface area contributed by atoms with Crippen LogP contribution in [0.25, 0.3) is 11.2 Å². The molecule has 0 unspecified atom stereocenters. The summed E-state index contributed by atoms with van der Waals surface area (Å²) in [7, 11) is 0. The summed E-state index contributed by atoms with van der Waals surface area (Å²) in [6, 6.07) is 0. The average Bonchev–Trinajstić information content (AvgIpc) is 3.34. The van der Waals surface area contributed by atoms with Crippen LogP contribution in [-0.4, -0.2) is 47.6 Å². The van der Waals surface area contributed by atoms with Gasteiger partial charge in [-0.2, -0.15) is 9.37 Å². The Morgan fingerprint density at radius 1 is 1.52 bits per heavy atom. The van der Waals surface area contributed by atoms with E-state index in [0.717, 1.165) is 4.57 Å². The third-order valence-electron chi connectivity index (χ3n) is 4.92. The number of aliphatic hydroxyl groups excluding tert-OH is 2. The fourth-order valence-electron chi connectivity index (χ4n) is 3.26. The van der Waals surface area contributed by atoms with E-state index in [1.165, 1.54) is 17.8 Å². The van der Waals surface area contributed by atoms with Crippen molar-refractivity contribution in [2.45, 2.75) is 37.8 Å². The average molecular weight is 405 g/mol. The molecule has 29 heavy (non-hydrogen) atoms. The summed E-state index contributed by atoms with van der Waals surface area (Å²) < 4.78 is 32.1. The minimum Gasteiger partial charge on any atom is -0.396 e. The van der Waals surface area contributed by atoms with E-state index in [0.29, 0.717) is 0 Å². The summed E-state index contributed by atoms with van der Waals surface area (Å²) in [5.41, 5.74) is -1.86. The summed E-state index contributed by atoms with van der Waals surface area (Å²) in [6.45, 7) is 0.584. The van der Waals surface area contributed by atoms with Gasteiger partial charge < -0.3 is 23.8 Å². The number of halogens is 1. The summed E-state index contributed by atoms with van der Waals surface area (Å²) in [6.07, 6.45) is 3.63. The number of aromatic nitrogens is 4. The lowest BCUT2D eigenvalue weighted by Gasteiger charge is -2.23. The first kappa shape index (κ1) is 19.1. The monoisotopic (exact) mass is 405 g/mol. The van der Waals surface area contributed by atoms with Gasteiger partial charge in [-0.15, -0.1) is 6.42 Å². The van der Waals surface area contributed by atoms with E-state index in [-0.39, 0.29) is 41.1 Å². The molecule has 0 bridgehead atoms. The van der Waals surface area contributed by atoms with Gasteiger partial charge in [0.05, 0.1) is 19.5 Å². The molecule has 0 radical (unpaired) electrons. The molecule has 152 valence electrons. The number of rotatable bonds is 4. The van der Waals surface area contributed by atoms with Gasteiger partial charge in [0.1, 0.15) is 18.1 Å². The molecule has 3 aromatic rings. The van der Waals surface area contributed by atoms with E-state index in [9.17, 15) is 19.4 Å². The van der Waals surface area contributed by atoms with E-state index >= 15 is 0 Å². The molecule has 1 aliphatic heterocycles. The first-order valence-corrected chi connectivity index (χ1v) is 8.51. The van der Waals surface area contributed by atoms with Gasteiger partial charge in [-0.3, -0.25) is 14.5 Å². The van der Waals surface area contributed by atoms with E-state index in [2.05, 4.69) is 15.9 Å². The van der Waals surface area contributed by atoms with Crippen molar-refractivity contribution in [3.63, 3.8) is 0 Å². The molecule has 1 aliphatic rings. The highest BCUT2D eigenvalue weighted by Gasteiger charge is 2.47. The van der Waals surface area contributed by atoms with Crippen molar-refractivity contribution in [2.75, 3.05) is 6.61 Å². The van der Waals surface area contributed by atoms with Crippen LogP contribution in [0.4, 0.5) is 4.39 Å². The smallest absolute Gasteiger partial charge is 0.396 e. The number of nitrogens with zero attached hydrogens (tertiary/aromatic N) is 4. The third-order valence-corrected chi connectivity index (χ3v) is 4.92. The number of nitrogens with one attached hydrogen (secondary N) is 1. The minimum absolute atomic E-state index is 0.00270. The van der Waals surface area contributed by atoms with Crippen LogP contribution in [0.15, 0.2) is 20.0 Å². The van der Waals surface area contributed by atoms with Crippen molar-refractivity contribution >= 4 is 11.2 Å². The topological polar surface area (TPSA) is 153 Å². The standard InChI is InChI=1S/C17H16FN5O6/c1-3-17(6-24)10(25)4-11(29-17)23-7-20-12-13(19)22(15(18)21-14(12)23)5-9-8(2)27-16(26)28-9/h1,7,10-11,19,24-25H,4-6H2,2H3/t10-,11+,17+/m0/s1. The zero-order valence-corrected chi connectivity index (χ0v) is 15.1. The zero-order valence-electron chi connectivity index (χ0n) is 15.1. The maximum atomic E-state index is 14.7. The Morgan fingerprint density at radius 2 is 2.28 bits per heavy atom. The van der Waals surface area contributed by atoms with Crippen molar-refractivity contribution in [2.24, 2.45) is 0 Å². The van der Waals surface area contributed by atoms with Gasteiger partial charge in [0.25, 0.3) is 6.08 Å². The summed E-state index contributed by atoms with van der Waals surface area (Å²) in [5, 5.41) is 28.0. The molecule has 0 spiro atoms. The molecule has 0 amide bonds. The quantitative estimate of drug-likeness (QED) is 0.384. The highest BCUT2D eigenvalue weighted by Crippen LogP contribution is 2.37. The van der Waals surface area contributed by atoms with Crippen LogP contribution >= 0.6 is 0 Å². The second-order valence-electron chi connectivity index (χ2n) is 6.59. The van der Waals surface area contributed by atoms with Crippen LogP contribution in [0.2, 0.25) is 0 Å². The molecule has 3 aromatic heterocycles. The van der Waals surface area contributed by atoms with Gasteiger partial charge in [0.2, 0.25) is 0 Å². The number of aliphatic hydroxyl groups is 2. The maximum absolute atomic E-state index is 14.7. The first-order chi connectivity index (χ1) is 13.8. The van der Waals surface area contributed by atoms with Crippen LogP contribution in [0.5, 0.6) is 0 Å². The highest BCUT2D eigenvalue weighted by atomic mass is 19.1. The van der Waals surface area contributed by atoms with Gasteiger partial charge in [-0.25, -0.2) is 9.78 Å². The Bertz CT molecular complexity index is 1250. The lowest BCUT2D eigenvalue weighted by Crippen LogP contribution is -2.41. The summed E-state index contributed by atoms with van der Waals surface area (Å²) in [4.78, 5) is 19.1. The number of imidazole rings is 1. The van der Waals surface area contributed by atoms with Crippen LogP contribution in [-0.2, 0) is 11.3 Å². The van der Waals surface area contributed by atoms with E-state index in [4.69, 9.17) is 25.4 Å². The van der Waals surface area contributed by atoms with Gasteiger partial charge in [0, 0.05) is 6.42 Å². The molecule has 0 aliphatic carbocycles. The SMILES string of the molecule is C#C[C@]1(CO)O[C@@H](n2cnc3c(=N)n(Cc4oc(=O)oc4C)c(F)nc32)C[C@@H]1O. The zero-order chi connectivity index (χ0) is 20.9. The maximum Gasteiger partial charge on any atom is 0.519 e. The minimum atomic E-state index is -1.59. The molecular formula is C17H16FN5O6. The van der Waals surface area contributed by atoms with Gasteiger partial charge in [-0.1, -0.05) is 5.92 Å². The number of aryl methyl sites for hydroxylation is 1. The lowest BCUT2D eigenvalue weighted by atomic mass is 9.99. The normalized spacial score (nSPS) is 24.2. The fraction of sp³-hybridized carbons (Fsp3) is 0.412. The Morgan fingerprint density at radius 3 is 2.86 bits per heavy atom. The first-order valence-electron chi connectivity index (χ1n) is 8.51. The molecule has 1 fully saturated rings. The molecule has 11 nitrogen and oxygen atoms in total. The summed E-state index contributed by atoms with van der Waals surface area (Å²) >= 11 is 0. The van der Waals surface area contributed by atoms with Crippen molar-refractivity contribution < 1.29 is 28.2 Å². The van der Waals surface area contributed by atoms with Crippen LogP contribution in [0.3, 0.4) is 0 Å². The number of terminal acetylenes is 1. The molecule has 4 heterocycles. The van der Waals surface area contributed by atoms with Gasteiger partial charge in [0.15, 0.2) is 28.0 Å². The molecule has 0 saturated carbocycles. The fourth-order valence-corrected chi connectivity index (χ4v) is 3.26. The Balaban J connectivity index is 1.76. The molecule has 4 rings (SSSR count). The largest absolute Gasteiger partial charge is 0.519 e. The lowest BCUT2D eigenvalue weighted by molar-refractivity contribution is -0.0892. The third kappa shape index (κ3) is 2.87. The molecule has 3 N–H and O–H groups in total. The van der Waals surface area contributed by atoms with Crippen molar-refractivity contribution in [3.05, 3.63) is 40.0 Å². The van der Waals surface area contributed by atoms with Crippen LogP contribution in [0, 0.1) is 30.8 Å². The van der Waals surface area contributed by atoms with E-state index < -0.39 is 36.4 Å². The van der Waals surface area contributed by atoms with Crippen LogP contribution in [0.1, 0.15) is 24.2 Å².